The summed E-state index contributed by atoms with van der Waals surface area (Å²) in [5, 5.41) is 0. The van der Waals surface area contributed by atoms with Crippen molar-refractivity contribution in [2.75, 3.05) is 25.5 Å². The number of fused-ring (bicyclic) bond motifs is 1. The van der Waals surface area contributed by atoms with Gasteiger partial charge in [0.25, 0.3) is 0 Å². The minimum Gasteiger partial charge on any atom is -0.347 e. The first-order valence-corrected chi connectivity index (χ1v) is 8.99. The van der Waals surface area contributed by atoms with Crippen LogP contribution in [0.4, 0.5) is 5.95 Å². The summed E-state index contributed by atoms with van der Waals surface area (Å²) < 4.78 is 0. The SMILES string of the molecule is CN(C)c1ncc(CN2CC(c3ccccc3)C3CCCC32)cn1. The van der Waals surface area contributed by atoms with Crippen molar-refractivity contribution in [1.82, 2.24) is 14.9 Å². The van der Waals surface area contributed by atoms with Gasteiger partial charge in [0, 0.05) is 57.1 Å². The lowest BCUT2D eigenvalue weighted by Gasteiger charge is -2.23. The molecular weight excluding hydrogens is 296 g/mol. The summed E-state index contributed by atoms with van der Waals surface area (Å²) >= 11 is 0. The Bertz CT molecular complexity index is 668. The average Bonchev–Trinajstić information content (AvgIpc) is 3.20. The molecular formula is C20H26N4. The van der Waals surface area contributed by atoms with Gasteiger partial charge in [-0.15, -0.1) is 0 Å². The van der Waals surface area contributed by atoms with Gasteiger partial charge in [0.15, 0.2) is 0 Å². The predicted octanol–water partition coefficient (Wildman–Crippen LogP) is 3.31. The molecule has 0 spiro atoms. The molecule has 126 valence electrons. The van der Waals surface area contributed by atoms with Crippen LogP contribution in [0, 0.1) is 5.92 Å². The second-order valence-corrected chi connectivity index (χ2v) is 7.39. The standard InChI is InChI=1S/C20H26N4/c1-23(2)20-21-11-15(12-22-20)13-24-14-18(16-7-4-3-5-8-16)17-9-6-10-19(17)24/h3-5,7-8,11-12,17-19H,6,9-10,13-14H2,1-2H3. The number of benzene rings is 1. The Hall–Kier alpha value is -1.94. The molecule has 2 aliphatic rings. The third-order valence-corrected chi connectivity index (χ3v) is 5.65. The first-order chi connectivity index (χ1) is 11.7. The Morgan fingerprint density at radius 2 is 1.83 bits per heavy atom. The molecule has 24 heavy (non-hydrogen) atoms. The molecule has 0 bridgehead atoms. The highest BCUT2D eigenvalue weighted by Gasteiger charge is 2.44. The summed E-state index contributed by atoms with van der Waals surface area (Å²) in [6.07, 6.45) is 8.05. The van der Waals surface area contributed by atoms with Crippen molar-refractivity contribution < 1.29 is 0 Å². The number of hydrogen-bond acceptors (Lipinski definition) is 4. The Morgan fingerprint density at radius 1 is 1.08 bits per heavy atom. The molecule has 4 heteroatoms. The zero-order valence-electron chi connectivity index (χ0n) is 14.6. The molecule has 0 radical (unpaired) electrons. The van der Waals surface area contributed by atoms with Crippen LogP contribution >= 0.6 is 0 Å². The third-order valence-electron chi connectivity index (χ3n) is 5.65. The maximum Gasteiger partial charge on any atom is 0.224 e. The number of likely N-dealkylation sites (tertiary alicyclic amines) is 1. The highest BCUT2D eigenvalue weighted by atomic mass is 15.2. The molecule has 1 saturated heterocycles. The van der Waals surface area contributed by atoms with E-state index in [2.05, 4.69) is 45.2 Å². The highest BCUT2D eigenvalue weighted by molar-refractivity contribution is 5.27. The number of aromatic nitrogens is 2. The van der Waals surface area contributed by atoms with Gasteiger partial charge in [0.05, 0.1) is 0 Å². The van der Waals surface area contributed by atoms with E-state index in [0.717, 1.165) is 31.0 Å². The van der Waals surface area contributed by atoms with E-state index in [4.69, 9.17) is 0 Å². The molecule has 1 aliphatic carbocycles. The van der Waals surface area contributed by atoms with Gasteiger partial charge in [-0.05, 0) is 24.3 Å². The zero-order chi connectivity index (χ0) is 16.5. The van der Waals surface area contributed by atoms with E-state index in [1.54, 1.807) is 0 Å². The molecule has 0 N–H and O–H groups in total. The smallest absolute Gasteiger partial charge is 0.224 e. The van der Waals surface area contributed by atoms with Gasteiger partial charge in [-0.1, -0.05) is 36.8 Å². The average molecular weight is 322 g/mol. The summed E-state index contributed by atoms with van der Waals surface area (Å²) in [7, 11) is 3.95. The molecule has 3 atom stereocenters. The van der Waals surface area contributed by atoms with Crippen LogP contribution in [-0.2, 0) is 6.54 Å². The summed E-state index contributed by atoms with van der Waals surface area (Å²) in [5.41, 5.74) is 2.73. The lowest BCUT2D eigenvalue weighted by molar-refractivity contribution is 0.232. The molecule has 2 heterocycles. The normalized spacial score (nSPS) is 26.5. The molecule has 4 rings (SSSR count). The topological polar surface area (TPSA) is 32.3 Å². The van der Waals surface area contributed by atoms with Crippen molar-refractivity contribution in [1.29, 1.82) is 0 Å². The van der Waals surface area contributed by atoms with E-state index < -0.39 is 0 Å². The Balaban J connectivity index is 1.51. The Morgan fingerprint density at radius 3 is 2.54 bits per heavy atom. The fourth-order valence-corrected chi connectivity index (χ4v) is 4.54. The Kier molecular flexibility index (Phi) is 4.23. The van der Waals surface area contributed by atoms with Crippen LogP contribution in [0.1, 0.15) is 36.3 Å². The first kappa shape index (κ1) is 15.6. The molecule has 3 unspecified atom stereocenters. The molecule has 1 saturated carbocycles. The number of anilines is 1. The fourth-order valence-electron chi connectivity index (χ4n) is 4.54. The molecule has 0 amide bonds. The van der Waals surface area contributed by atoms with Crippen LogP contribution in [0.5, 0.6) is 0 Å². The van der Waals surface area contributed by atoms with E-state index in [1.165, 1.54) is 30.4 Å². The van der Waals surface area contributed by atoms with Gasteiger partial charge in [-0.2, -0.15) is 0 Å². The Labute approximate surface area is 144 Å². The predicted molar refractivity (Wildman–Crippen MR) is 97.1 cm³/mol. The van der Waals surface area contributed by atoms with E-state index in [0.29, 0.717) is 5.92 Å². The second kappa shape index (κ2) is 6.52. The second-order valence-electron chi connectivity index (χ2n) is 7.39. The molecule has 2 fully saturated rings. The summed E-state index contributed by atoms with van der Waals surface area (Å²) in [4.78, 5) is 13.6. The van der Waals surface area contributed by atoms with Crippen LogP contribution in [0.15, 0.2) is 42.7 Å². The maximum atomic E-state index is 4.47. The minimum absolute atomic E-state index is 0.681. The van der Waals surface area contributed by atoms with Gasteiger partial charge in [0.2, 0.25) is 5.95 Å². The molecule has 2 aromatic rings. The highest BCUT2D eigenvalue weighted by Crippen LogP contribution is 2.46. The molecule has 1 aliphatic heterocycles. The monoisotopic (exact) mass is 322 g/mol. The summed E-state index contributed by atoms with van der Waals surface area (Å²) in [6.45, 7) is 2.13. The van der Waals surface area contributed by atoms with Gasteiger partial charge < -0.3 is 4.90 Å². The lowest BCUT2D eigenvalue weighted by Crippen LogP contribution is -2.29. The van der Waals surface area contributed by atoms with E-state index in [-0.39, 0.29) is 0 Å². The van der Waals surface area contributed by atoms with E-state index in [1.807, 2.05) is 31.4 Å². The minimum atomic E-state index is 0.681. The number of nitrogens with zero attached hydrogens (tertiary/aromatic N) is 4. The fraction of sp³-hybridized carbons (Fsp3) is 0.500. The van der Waals surface area contributed by atoms with Crippen LogP contribution in [0.3, 0.4) is 0 Å². The van der Waals surface area contributed by atoms with E-state index >= 15 is 0 Å². The maximum absolute atomic E-state index is 4.47. The quantitative estimate of drug-likeness (QED) is 0.864. The van der Waals surface area contributed by atoms with Crippen molar-refractivity contribution in [2.24, 2.45) is 5.92 Å². The van der Waals surface area contributed by atoms with Crippen molar-refractivity contribution in [3.63, 3.8) is 0 Å². The van der Waals surface area contributed by atoms with Gasteiger partial charge in [-0.25, -0.2) is 9.97 Å². The largest absolute Gasteiger partial charge is 0.347 e. The van der Waals surface area contributed by atoms with Gasteiger partial charge in [-0.3, -0.25) is 4.90 Å². The number of hydrogen-bond donors (Lipinski definition) is 0. The zero-order valence-corrected chi connectivity index (χ0v) is 14.6. The van der Waals surface area contributed by atoms with Crippen molar-refractivity contribution in [3.05, 3.63) is 53.9 Å². The molecule has 1 aromatic carbocycles. The molecule has 1 aromatic heterocycles. The van der Waals surface area contributed by atoms with Crippen LogP contribution in [-0.4, -0.2) is 41.5 Å². The van der Waals surface area contributed by atoms with Crippen LogP contribution < -0.4 is 4.90 Å². The van der Waals surface area contributed by atoms with Crippen LogP contribution in [0.25, 0.3) is 0 Å². The summed E-state index contributed by atoms with van der Waals surface area (Å²) in [5.74, 6) is 2.27. The van der Waals surface area contributed by atoms with Gasteiger partial charge >= 0.3 is 0 Å². The van der Waals surface area contributed by atoms with Crippen molar-refractivity contribution in [3.8, 4) is 0 Å². The molecule has 4 nitrogen and oxygen atoms in total. The summed E-state index contributed by atoms with van der Waals surface area (Å²) in [6, 6.07) is 11.8. The third kappa shape index (κ3) is 2.91. The van der Waals surface area contributed by atoms with E-state index in [9.17, 15) is 0 Å². The first-order valence-electron chi connectivity index (χ1n) is 8.99. The van der Waals surface area contributed by atoms with Crippen molar-refractivity contribution in [2.45, 2.75) is 37.8 Å². The number of rotatable bonds is 4. The van der Waals surface area contributed by atoms with Gasteiger partial charge in [0.1, 0.15) is 0 Å². The lowest BCUT2D eigenvalue weighted by atomic mass is 9.87. The van der Waals surface area contributed by atoms with Crippen molar-refractivity contribution >= 4 is 5.95 Å². The van der Waals surface area contributed by atoms with Crippen LogP contribution in [0.2, 0.25) is 0 Å².